The van der Waals surface area contributed by atoms with Gasteiger partial charge in [-0.3, -0.25) is 4.98 Å². The first-order valence-corrected chi connectivity index (χ1v) is 9.59. The van der Waals surface area contributed by atoms with Gasteiger partial charge in [0.1, 0.15) is 34.8 Å². The van der Waals surface area contributed by atoms with Crippen molar-refractivity contribution in [3.8, 4) is 22.8 Å². The summed E-state index contributed by atoms with van der Waals surface area (Å²) in [5.41, 5.74) is -0.985. The third kappa shape index (κ3) is 6.28. The third-order valence-corrected chi connectivity index (χ3v) is 4.67. The number of nitrogens with one attached hydrogen (secondary N) is 1. The number of rotatable bonds is 7. The van der Waals surface area contributed by atoms with Crippen molar-refractivity contribution in [1.82, 2.24) is 15.0 Å². The molecule has 1 aromatic carbocycles. The lowest BCUT2D eigenvalue weighted by Gasteiger charge is -2.13. The molecule has 0 aliphatic heterocycles. The zero-order valence-electron chi connectivity index (χ0n) is 16.7. The topological polar surface area (TPSA) is 60.0 Å². The number of halogens is 8. The van der Waals surface area contributed by atoms with E-state index >= 15 is 0 Å². The SMILES string of the molecule is COc1cc(-c2nc(CCC(F)(F)F)[nH]c2Cl)ccc1OCc1ncc(C(F)(F)F)cc1F. The van der Waals surface area contributed by atoms with Gasteiger partial charge in [0.15, 0.2) is 11.5 Å². The molecule has 3 rings (SSSR count). The lowest BCUT2D eigenvalue weighted by atomic mass is 10.1. The van der Waals surface area contributed by atoms with Crippen molar-refractivity contribution < 1.29 is 40.2 Å². The fourth-order valence-electron chi connectivity index (χ4n) is 2.78. The number of aromatic amines is 1. The van der Waals surface area contributed by atoms with Crippen molar-refractivity contribution in [1.29, 1.82) is 0 Å². The molecule has 0 aliphatic rings. The first-order chi connectivity index (χ1) is 15.4. The zero-order chi connectivity index (χ0) is 24.4. The highest BCUT2D eigenvalue weighted by Gasteiger charge is 2.32. The first-order valence-electron chi connectivity index (χ1n) is 9.21. The quantitative estimate of drug-likeness (QED) is 0.386. The van der Waals surface area contributed by atoms with Crippen LogP contribution in [0.2, 0.25) is 5.15 Å². The van der Waals surface area contributed by atoms with Gasteiger partial charge in [-0.05, 0) is 24.3 Å². The molecule has 0 atom stereocenters. The van der Waals surface area contributed by atoms with Crippen LogP contribution in [0.1, 0.15) is 23.5 Å². The Hall–Kier alpha value is -3.02. The number of methoxy groups -OCH3 is 1. The van der Waals surface area contributed by atoms with Crippen LogP contribution >= 0.6 is 11.6 Å². The molecular formula is C20H15ClF7N3O2. The average molecular weight is 498 g/mol. The highest BCUT2D eigenvalue weighted by atomic mass is 35.5. The Morgan fingerprint density at radius 2 is 1.79 bits per heavy atom. The van der Waals surface area contributed by atoms with Gasteiger partial charge in [-0.1, -0.05) is 11.6 Å². The van der Waals surface area contributed by atoms with E-state index in [0.717, 1.165) is 0 Å². The van der Waals surface area contributed by atoms with Crippen LogP contribution in [0.5, 0.6) is 11.5 Å². The smallest absolute Gasteiger partial charge is 0.417 e. The predicted octanol–water partition coefficient (Wildman–Crippen LogP) is 6.37. The Balaban J connectivity index is 1.76. The van der Waals surface area contributed by atoms with E-state index in [-0.39, 0.29) is 40.3 Å². The number of hydrogen-bond donors (Lipinski definition) is 1. The maximum absolute atomic E-state index is 14.0. The maximum atomic E-state index is 14.0. The van der Waals surface area contributed by atoms with Crippen LogP contribution in [-0.2, 0) is 19.2 Å². The van der Waals surface area contributed by atoms with Gasteiger partial charge in [0, 0.05) is 18.2 Å². The van der Waals surface area contributed by atoms with Crippen LogP contribution in [0.3, 0.4) is 0 Å². The van der Waals surface area contributed by atoms with E-state index in [1.807, 2.05) is 0 Å². The molecule has 0 amide bonds. The van der Waals surface area contributed by atoms with Crippen molar-refractivity contribution >= 4 is 11.6 Å². The Morgan fingerprint density at radius 3 is 2.39 bits per heavy atom. The molecule has 0 radical (unpaired) electrons. The molecule has 0 spiro atoms. The van der Waals surface area contributed by atoms with E-state index in [2.05, 4.69) is 15.0 Å². The van der Waals surface area contributed by atoms with Gasteiger partial charge >= 0.3 is 12.4 Å². The van der Waals surface area contributed by atoms with Crippen LogP contribution in [0.4, 0.5) is 30.7 Å². The van der Waals surface area contributed by atoms with Crippen molar-refractivity contribution in [2.45, 2.75) is 31.8 Å². The van der Waals surface area contributed by atoms with E-state index in [4.69, 9.17) is 21.1 Å². The molecule has 0 bridgehead atoms. The van der Waals surface area contributed by atoms with Gasteiger partial charge < -0.3 is 14.5 Å². The van der Waals surface area contributed by atoms with Crippen LogP contribution in [-0.4, -0.2) is 28.2 Å². The van der Waals surface area contributed by atoms with E-state index in [1.54, 1.807) is 0 Å². The van der Waals surface area contributed by atoms with Crippen molar-refractivity contribution in [3.05, 3.63) is 58.5 Å². The lowest BCUT2D eigenvalue weighted by Crippen LogP contribution is -2.09. The summed E-state index contributed by atoms with van der Waals surface area (Å²) in [5.74, 6) is -0.868. The molecule has 0 fully saturated rings. The summed E-state index contributed by atoms with van der Waals surface area (Å²) in [5, 5.41) is 0.0268. The average Bonchev–Trinajstić information content (AvgIpc) is 3.10. The number of ether oxygens (including phenoxy) is 2. The largest absolute Gasteiger partial charge is 0.493 e. The molecule has 5 nitrogen and oxygen atoms in total. The number of aryl methyl sites for hydroxylation is 1. The summed E-state index contributed by atoms with van der Waals surface area (Å²) >= 11 is 6.07. The normalized spacial score (nSPS) is 12.2. The first kappa shape index (κ1) is 24.6. The van der Waals surface area contributed by atoms with Crippen LogP contribution in [0.15, 0.2) is 30.5 Å². The third-order valence-electron chi connectivity index (χ3n) is 4.40. The molecule has 2 aromatic heterocycles. The van der Waals surface area contributed by atoms with Gasteiger partial charge in [0.05, 0.1) is 19.1 Å². The van der Waals surface area contributed by atoms with Crippen LogP contribution in [0, 0.1) is 5.82 Å². The molecule has 0 aliphatic carbocycles. The monoisotopic (exact) mass is 497 g/mol. The minimum absolute atomic E-state index is 0.0268. The second-order valence-corrected chi connectivity index (χ2v) is 7.14. The number of hydrogen-bond acceptors (Lipinski definition) is 4. The second-order valence-electron chi connectivity index (χ2n) is 6.77. The highest BCUT2D eigenvalue weighted by Crippen LogP contribution is 2.35. The lowest BCUT2D eigenvalue weighted by molar-refractivity contribution is -0.138. The van der Waals surface area contributed by atoms with E-state index in [1.165, 1.54) is 25.3 Å². The Labute approximate surface area is 187 Å². The summed E-state index contributed by atoms with van der Waals surface area (Å²) in [6, 6.07) is 4.67. The van der Waals surface area contributed by atoms with Gasteiger partial charge in [-0.25, -0.2) is 9.37 Å². The van der Waals surface area contributed by atoms with Crippen LogP contribution in [0.25, 0.3) is 11.3 Å². The summed E-state index contributed by atoms with van der Waals surface area (Å²) in [6.45, 7) is -0.482. The van der Waals surface area contributed by atoms with E-state index in [0.29, 0.717) is 17.8 Å². The maximum Gasteiger partial charge on any atom is 0.417 e. The van der Waals surface area contributed by atoms with Gasteiger partial charge in [-0.15, -0.1) is 0 Å². The molecule has 0 unspecified atom stereocenters. The highest BCUT2D eigenvalue weighted by molar-refractivity contribution is 6.31. The molecular weight excluding hydrogens is 483 g/mol. The fraction of sp³-hybridized carbons (Fsp3) is 0.300. The standard InChI is InChI=1S/C20H15ClF7N3O2/c1-32-15-6-10(17-18(21)31-16(30-17)4-5-19(23,24)25)2-3-14(15)33-9-13-12(22)7-11(8-29-13)20(26,27)28/h2-3,6-8H,4-5,9H2,1H3,(H,30,31). The number of pyridine rings is 1. The van der Waals surface area contributed by atoms with Crippen molar-refractivity contribution in [2.24, 2.45) is 0 Å². The number of aromatic nitrogens is 3. The Kier molecular flexibility index (Phi) is 7.06. The summed E-state index contributed by atoms with van der Waals surface area (Å²) in [7, 11) is 1.31. The van der Waals surface area contributed by atoms with E-state index < -0.39 is 36.8 Å². The number of nitrogens with zero attached hydrogens (tertiary/aromatic N) is 2. The molecule has 1 N–H and O–H groups in total. The number of benzene rings is 1. The molecule has 3 aromatic rings. The predicted molar refractivity (Wildman–Crippen MR) is 103 cm³/mol. The molecule has 33 heavy (non-hydrogen) atoms. The number of imidazole rings is 1. The van der Waals surface area contributed by atoms with Crippen molar-refractivity contribution in [3.63, 3.8) is 0 Å². The molecule has 178 valence electrons. The van der Waals surface area contributed by atoms with Crippen LogP contribution < -0.4 is 9.47 Å². The van der Waals surface area contributed by atoms with E-state index in [9.17, 15) is 30.7 Å². The number of alkyl halides is 6. The summed E-state index contributed by atoms with van der Waals surface area (Å²) in [6.07, 6.45) is -10.0. The van der Waals surface area contributed by atoms with Crippen molar-refractivity contribution in [2.75, 3.05) is 7.11 Å². The molecule has 0 saturated heterocycles. The summed E-state index contributed by atoms with van der Waals surface area (Å²) in [4.78, 5) is 10.1. The number of H-pyrrole nitrogens is 1. The molecule has 13 heteroatoms. The molecule has 2 heterocycles. The fourth-order valence-corrected chi connectivity index (χ4v) is 3.04. The van der Waals surface area contributed by atoms with Gasteiger partial charge in [0.25, 0.3) is 0 Å². The second kappa shape index (κ2) is 9.46. The van der Waals surface area contributed by atoms with Gasteiger partial charge in [0.2, 0.25) is 0 Å². The Morgan fingerprint density at radius 1 is 1.06 bits per heavy atom. The minimum Gasteiger partial charge on any atom is -0.493 e. The molecule has 0 saturated carbocycles. The Bertz CT molecular complexity index is 1130. The zero-order valence-corrected chi connectivity index (χ0v) is 17.5. The minimum atomic E-state index is -4.73. The summed E-state index contributed by atoms with van der Waals surface area (Å²) < 4.78 is 99.8. The van der Waals surface area contributed by atoms with Gasteiger partial charge in [-0.2, -0.15) is 26.3 Å².